The molecule has 5 nitrogen and oxygen atoms in total. The molecule has 1 saturated heterocycles. The quantitative estimate of drug-likeness (QED) is 0.687. The van der Waals surface area contributed by atoms with Gasteiger partial charge in [-0.15, -0.1) is 0 Å². The molecule has 2 aliphatic heterocycles. The molecule has 7 rings (SSSR count). The molecular weight excluding hydrogens is 436 g/mol. The highest BCUT2D eigenvalue weighted by Crippen LogP contribution is 2.67. The lowest BCUT2D eigenvalue weighted by Crippen LogP contribution is -2.61. The Balaban J connectivity index is 1.30. The fraction of sp³-hybridized carbons (Fsp3) is 0.500. The number of pyridine rings is 1. The lowest BCUT2D eigenvalue weighted by Gasteiger charge is -2.55. The number of hydrogen-bond acceptors (Lipinski definition) is 5. The van der Waals surface area contributed by atoms with Gasteiger partial charge in [0.25, 0.3) is 0 Å². The third-order valence-electron chi connectivity index (χ3n) is 10.0. The molecule has 1 unspecified atom stereocenters. The van der Waals surface area contributed by atoms with Crippen LogP contribution < -0.4 is 0 Å². The van der Waals surface area contributed by atoms with Crippen LogP contribution in [-0.2, 0) is 4.74 Å². The van der Waals surface area contributed by atoms with Gasteiger partial charge in [0.2, 0.25) is 0 Å². The molecular formula is C30H34N2O3. The van der Waals surface area contributed by atoms with Gasteiger partial charge < -0.3 is 19.8 Å². The molecule has 2 aromatic rings. The van der Waals surface area contributed by atoms with E-state index in [1.165, 1.54) is 27.5 Å². The predicted octanol–water partition coefficient (Wildman–Crippen LogP) is 4.26. The van der Waals surface area contributed by atoms with Crippen molar-refractivity contribution in [2.45, 2.75) is 68.5 Å². The van der Waals surface area contributed by atoms with Crippen molar-refractivity contribution in [3.63, 3.8) is 0 Å². The summed E-state index contributed by atoms with van der Waals surface area (Å²) in [6.07, 6.45) is 13.7. The Labute approximate surface area is 206 Å². The molecule has 5 heteroatoms. The molecule has 3 aliphatic carbocycles. The van der Waals surface area contributed by atoms with Crippen molar-refractivity contribution in [3.05, 3.63) is 71.6 Å². The van der Waals surface area contributed by atoms with E-state index in [0.717, 1.165) is 37.7 Å². The number of benzene rings is 1. The van der Waals surface area contributed by atoms with Crippen molar-refractivity contribution in [2.75, 3.05) is 14.1 Å². The lowest BCUT2D eigenvalue weighted by molar-refractivity contribution is -0.161. The van der Waals surface area contributed by atoms with E-state index in [2.05, 4.69) is 54.4 Å². The average molecular weight is 471 g/mol. The zero-order valence-electron chi connectivity index (χ0n) is 20.7. The summed E-state index contributed by atoms with van der Waals surface area (Å²) in [5, 5.41) is 24.4. The molecule has 2 spiro atoms. The Kier molecular flexibility index (Phi) is 4.47. The van der Waals surface area contributed by atoms with Gasteiger partial charge in [0.1, 0.15) is 6.10 Å². The maximum atomic E-state index is 11.1. The normalized spacial score (nSPS) is 41.7. The first-order valence-corrected chi connectivity index (χ1v) is 13.0. The van der Waals surface area contributed by atoms with Crippen molar-refractivity contribution in [1.82, 2.24) is 9.88 Å². The first-order valence-electron chi connectivity index (χ1n) is 13.0. The average Bonchev–Trinajstić information content (AvgIpc) is 3.37. The van der Waals surface area contributed by atoms with Gasteiger partial charge in [-0.3, -0.25) is 4.98 Å². The number of allylic oxidation sites excluding steroid dienone is 3. The van der Waals surface area contributed by atoms with Gasteiger partial charge in [-0.2, -0.15) is 0 Å². The second-order valence-electron chi connectivity index (χ2n) is 11.9. The Morgan fingerprint density at radius 2 is 1.94 bits per heavy atom. The summed E-state index contributed by atoms with van der Waals surface area (Å²) in [6, 6.07) is 8.69. The number of aromatic nitrogens is 1. The van der Waals surface area contributed by atoms with Crippen LogP contribution in [0, 0.1) is 11.3 Å². The Bertz CT molecular complexity index is 1330. The maximum absolute atomic E-state index is 11.1. The second-order valence-corrected chi connectivity index (χ2v) is 11.9. The first-order chi connectivity index (χ1) is 16.8. The summed E-state index contributed by atoms with van der Waals surface area (Å²) in [5.41, 5.74) is 3.99. The highest BCUT2D eigenvalue weighted by atomic mass is 16.5. The van der Waals surface area contributed by atoms with Crippen LogP contribution in [0.2, 0.25) is 0 Å². The minimum Gasteiger partial charge on any atom is -0.388 e. The smallest absolute Gasteiger partial charge is 0.105 e. The zero-order valence-corrected chi connectivity index (χ0v) is 20.7. The summed E-state index contributed by atoms with van der Waals surface area (Å²) in [7, 11) is 3.96. The largest absolute Gasteiger partial charge is 0.388 e. The number of likely N-dealkylation sites (N-methyl/N-ethyl adjacent to an activating group) is 1. The molecule has 2 N–H and O–H groups in total. The van der Waals surface area contributed by atoms with E-state index in [1.54, 1.807) is 0 Å². The summed E-state index contributed by atoms with van der Waals surface area (Å²) in [6.45, 7) is 2.42. The standard InChI is InChI=1S/C30H34N2O3/c1-28-10-8-21-15-23-26(33)27(34)24(32(2)3)16-29(23)11-12-30(21,35-29)25(28)7-6-22(28)19-5-4-18-9-13-31-17-20(18)14-19/h4-6,8-9,13-15,17,24-27,33-34H,7,10-12,16H2,1-3H3/t24-,25?,26+,27+,28+,29+,30+/m0/s1. The molecule has 1 aromatic carbocycles. The predicted molar refractivity (Wildman–Crippen MR) is 137 cm³/mol. The number of hydrogen-bond donors (Lipinski definition) is 2. The van der Waals surface area contributed by atoms with Gasteiger partial charge in [0, 0.05) is 35.2 Å². The maximum Gasteiger partial charge on any atom is 0.105 e. The third-order valence-corrected chi connectivity index (χ3v) is 10.0. The Hall–Kier alpha value is -2.31. The molecule has 7 atom stereocenters. The van der Waals surface area contributed by atoms with Crippen LogP contribution in [0.15, 0.2) is 66.0 Å². The van der Waals surface area contributed by atoms with Crippen LogP contribution in [-0.4, -0.2) is 63.6 Å². The molecule has 5 aliphatic rings. The molecule has 2 fully saturated rings. The lowest BCUT2D eigenvalue weighted by atomic mass is 9.58. The number of fused-ring (bicyclic) bond motifs is 2. The van der Waals surface area contributed by atoms with Crippen LogP contribution in [0.5, 0.6) is 0 Å². The zero-order chi connectivity index (χ0) is 24.2. The highest BCUT2D eigenvalue weighted by molar-refractivity contribution is 5.87. The fourth-order valence-electron chi connectivity index (χ4n) is 8.20. The van der Waals surface area contributed by atoms with Gasteiger partial charge in [0.05, 0.1) is 17.3 Å². The van der Waals surface area contributed by atoms with Crippen molar-refractivity contribution in [3.8, 4) is 0 Å². The number of aliphatic hydroxyl groups is 2. The molecule has 2 bridgehead atoms. The minimum absolute atomic E-state index is 0.00992. The molecule has 1 saturated carbocycles. The Morgan fingerprint density at radius 1 is 1.09 bits per heavy atom. The molecule has 1 aromatic heterocycles. The van der Waals surface area contributed by atoms with E-state index in [9.17, 15) is 10.2 Å². The molecule has 3 heterocycles. The summed E-state index contributed by atoms with van der Waals surface area (Å²) < 4.78 is 7.24. The number of nitrogens with zero attached hydrogens (tertiary/aromatic N) is 2. The summed E-state index contributed by atoms with van der Waals surface area (Å²) in [5.74, 6) is 0.355. The monoisotopic (exact) mass is 470 g/mol. The van der Waals surface area contributed by atoms with E-state index in [1.807, 2.05) is 31.4 Å². The van der Waals surface area contributed by atoms with Crippen molar-refractivity contribution >= 4 is 16.3 Å². The van der Waals surface area contributed by atoms with Gasteiger partial charge in [0.15, 0.2) is 0 Å². The number of rotatable bonds is 2. The summed E-state index contributed by atoms with van der Waals surface area (Å²) >= 11 is 0. The molecule has 35 heavy (non-hydrogen) atoms. The van der Waals surface area contributed by atoms with E-state index < -0.39 is 17.8 Å². The van der Waals surface area contributed by atoms with Crippen LogP contribution in [0.3, 0.4) is 0 Å². The second kappa shape index (κ2) is 7.13. The van der Waals surface area contributed by atoms with Crippen LogP contribution in [0.25, 0.3) is 16.3 Å². The highest BCUT2D eigenvalue weighted by Gasteiger charge is 2.67. The topological polar surface area (TPSA) is 65.8 Å². The van der Waals surface area contributed by atoms with Crippen molar-refractivity contribution in [2.24, 2.45) is 11.3 Å². The summed E-state index contributed by atoms with van der Waals surface area (Å²) in [4.78, 5) is 6.37. The molecule has 0 amide bonds. The molecule has 0 radical (unpaired) electrons. The van der Waals surface area contributed by atoms with Gasteiger partial charge in [-0.1, -0.05) is 37.3 Å². The van der Waals surface area contributed by atoms with E-state index in [-0.39, 0.29) is 17.1 Å². The third kappa shape index (κ3) is 2.76. The molecule has 182 valence electrons. The first kappa shape index (κ1) is 21.9. The van der Waals surface area contributed by atoms with Crippen LogP contribution in [0.4, 0.5) is 0 Å². The SMILES string of the molecule is CN(C)[C@H]1C[C@@]23CC[C@@]4(O2)C(=CC[C@]2(C)C(c5ccc6ccncc6c5)=CCC24)C=C3[C@@H](O)[C@@H]1O. The van der Waals surface area contributed by atoms with E-state index in [4.69, 9.17) is 4.74 Å². The fourth-order valence-corrected chi connectivity index (χ4v) is 8.20. The number of aliphatic hydroxyl groups excluding tert-OH is 2. The van der Waals surface area contributed by atoms with Gasteiger partial charge >= 0.3 is 0 Å². The van der Waals surface area contributed by atoms with Crippen molar-refractivity contribution < 1.29 is 14.9 Å². The van der Waals surface area contributed by atoms with Gasteiger partial charge in [-0.05, 0) is 86.0 Å². The van der Waals surface area contributed by atoms with Crippen LogP contribution >= 0.6 is 0 Å². The number of ether oxygens (including phenoxy) is 1. The van der Waals surface area contributed by atoms with Crippen LogP contribution in [0.1, 0.15) is 44.6 Å². The minimum atomic E-state index is -0.884. The van der Waals surface area contributed by atoms with Gasteiger partial charge in [-0.25, -0.2) is 0 Å². The Morgan fingerprint density at radius 3 is 2.77 bits per heavy atom. The van der Waals surface area contributed by atoms with E-state index in [0.29, 0.717) is 5.92 Å². The van der Waals surface area contributed by atoms with E-state index >= 15 is 0 Å². The van der Waals surface area contributed by atoms with Crippen molar-refractivity contribution in [1.29, 1.82) is 0 Å².